The smallest absolute Gasteiger partial charge is 0.133 e. The highest BCUT2D eigenvalue weighted by atomic mass is 15.4. The third kappa shape index (κ3) is 6.20. The lowest BCUT2D eigenvalue weighted by atomic mass is 10.1. The number of aromatic nitrogens is 2. The Labute approximate surface area is 195 Å². The van der Waals surface area contributed by atoms with Crippen LogP contribution in [0.3, 0.4) is 0 Å². The molecule has 1 atom stereocenters. The van der Waals surface area contributed by atoms with Gasteiger partial charge in [0.2, 0.25) is 0 Å². The van der Waals surface area contributed by atoms with E-state index in [2.05, 4.69) is 32.2 Å². The number of hydrogen-bond acceptors (Lipinski definition) is 7. The molecular weight excluding hydrogens is 412 g/mol. The molecule has 1 aromatic carbocycles. The van der Waals surface area contributed by atoms with Crippen LogP contribution in [0.1, 0.15) is 42.1 Å². The van der Waals surface area contributed by atoms with Crippen LogP contribution in [0.4, 0.5) is 0 Å². The molecule has 3 heterocycles. The van der Waals surface area contributed by atoms with Gasteiger partial charge < -0.3 is 21.1 Å². The predicted molar refractivity (Wildman–Crippen MR) is 133 cm³/mol. The summed E-state index contributed by atoms with van der Waals surface area (Å²) in [5.74, 6) is 1.60. The monoisotopic (exact) mass is 444 g/mol. The molecule has 0 amide bonds. The minimum absolute atomic E-state index is 0.124. The van der Waals surface area contributed by atoms with Gasteiger partial charge in [-0.15, -0.1) is 0 Å². The van der Waals surface area contributed by atoms with E-state index in [4.69, 9.17) is 10.4 Å². The summed E-state index contributed by atoms with van der Waals surface area (Å²) < 4.78 is 1.80. The summed E-state index contributed by atoms with van der Waals surface area (Å²) >= 11 is 0. The highest BCUT2D eigenvalue weighted by Crippen LogP contribution is 2.21. The van der Waals surface area contributed by atoms with Crippen LogP contribution in [-0.4, -0.2) is 39.3 Å². The van der Waals surface area contributed by atoms with Crippen molar-refractivity contribution in [3.63, 3.8) is 0 Å². The Hall–Kier alpha value is -3.65. The van der Waals surface area contributed by atoms with E-state index in [1.54, 1.807) is 17.0 Å². The number of aryl methyl sites for hydroxylation is 2. The summed E-state index contributed by atoms with van der Waals surface area (Å²) in [6, 6.07) is 9.84. The van der Waals surface area contributed by atoms with Gasteiger partial charge in [0.1, 0.15) is 11.7 Å². The fraction of sp³-hybridized carbons (Fsp3) is 0.320. The van der Waals surface area contributed by atoms with Gasteiger partial charge in [-0.25, -0.2) is 10.4 Å². The summed E-state index contributed by atoms with van der Waals surface area (Å²) in [6.45, 7) is 4.01. The number of amidine groups is 1. The molecule has 4 N–H and O–H groups in total. The number of benzene rings is 1. The lowest BCUT2D eigenvalue weighted by molar-refractivity contribution is 0.280. The van der Waals surface area contributed by atoms with Gasteiger partial charge in [0.05, 0.1) is 17.4 Å². The average molecular weight is 445 g/mol. The van der Waals surface area contributed by atoms with Crippen LogP contribution in [-0.2, 0) is 7.05 Å². The molecule has 2 aliphatic rings. The maximum atomic E-state index is 8.34. The first-order valence-electron chi connectivity index (χ1n) is 11.4. The highest BCUT2D eigenvalue weighted by molar-refractivity contribution is 6.07. The highest BCUT2D eigenvalue weighted by Gasteiger charge is 2.19. The lowest BCUT2D eigenvalue weighted by Gasteiger charge is -2.29. The maximum absolute atomic E-state index is 8.34. The second-order valence-electron chi connectivity index (χ2n) is 8.34. The van der Waals surface area contributed by atoms with E-state index in [1.165, 1.54) is 19.3 Å². The van der Waals surface area contributed by atoms with Crippen LogP contribution in [0.15, 0.2) is 78.0 Å². The molecule has 1 aromatic heterocycles. The predicted octanol–water partition coefficient (Wildman–Crippen LogP) is 3.29. The van der Waals surface area contributed by atoms with Crippen molar-refractivity contribution in [2.24, 2.45) is 12.0 Å². The molecular formula is C25H32N8. The first-order valence-corrected chi connectivity index (χ1v) is 11.4. The lowest BCUT2D eigenvalue weighted by Crippen LogP contribution is -2.33. The van der Waals surface area contributed by atoms with Gasteiger partial charge in [-0.3, -0.25) is 4.68 Å². The number of nitrogens with zero attached hydrogens (tertiary/aromatic N) is 4. The molecule has 8 nitrogen and oxygen atoms in total. The van der Waals surface area contributed by atoms with E-state index >= 15 is 0 Å². The summed E-state index contributed by atoms with van der Waals surface area (Å²) in [5.41, 5.74) is 9.85. The molecule has 1 unspecified atom stereocenters. The Kier molecular flexibility index (Phi) is 7.36. The van der Waals surface area contributed by atoms with Crippen LogP contribution in [0.2, 0.25) is 0 Å². The SMILES string of the molecule is Cc1cccc(C(=N)/C=C\NC2=N/C(N3CCCCC3)=C/C(c3ccn(C)n3)NN/C=C\2)c1. The van der Waals surface area contributed by atoms with E-state index in [0.717, 1.165) is 35.7 Å². The van der Waals surface area contributed by atoms with Gasteiger partial charge in [-0.05, 0) is 62.1 Å². The molecule has 172 valence electrons. The molecule has 0 aliphatic carbocycles. The molecule has 1 fully saturated rings. The minimum Gasteiger partial charge on any atom is -0.357 e. The van der Waals surface area contributed by atoms with Crippen molar-refractivity contribution >= 4 is 11.5 Å². The van der Waals surface area contributed by atoms with Crippen molar-refractivity contribution in [1.29, 1.82) is 5.41 Å². The van der Waals surface area contributed by atoms with E-state index in [0.29, 0.717) is 11.5 Å². The fourth-order valence-electron chi connectivity index (χ4n) is 3.90. The first kappa shape index (κ1) is 22.5. The fourth-order valence-corrected chi connectivity index (χ4v) is 3.90. The van der Waals surface area contributed by atoms with E-state index < -0.39 is 0 Å². The van der Waals surface area contributed by atoms with Crippen molar-refractivity contribution in [3.8, 4) is 0 Å². The normalized spacial score (nSPS) is 23.3. The van der Waals surface area contributed by atoms with Gasteiger partial charge in [-0.2, -0.15) is 5.10 Å². The molecule has 1 saturated heterocycles. The van der Waals surface area contributed by atoms with Gasteiger partial charge in [0.25, 0.3) is 0 Å². The van der Waals surface area contributed by atoms with E-state index in [9.17, 15) is 0 Å². The second kappa shape index (κ2) is 10.8. The zero-order chi connectivity index (χ0) is 23.0. The minimum atomic E-state index is -0.124. The van der Waals surface area contributed by atoms with Crippen LogP contribution in [0, 0.1) is 12.3 Å². The van der Waals surface area contributed by atoms with E-state index in [-0.39, 0.29) is 6.04 Å². The van der Waals surface area contributed by atoms with Crippen molar-refractivity contribution in [1.82, 2.24) is 30.8 Å². The number of allylic oxidation sites excluding steroid dienone is 1. The summed E-state index contributed by atoms with van der Waals surface area (Å²) in [6.07, 6.45) is 14.9. The average Bonchev–Trinajstić information content (AvgIpc) is 3.29. The number of piperidine rings is 1. The second-order valence-corrected chi connectivity index (χ2v) is 8.34. The largest absolute Gasteiger partial charge is 0.357 e. The Bertz CT molecular complexity index is 1090. The van der Waals surface area contributed by atoms with Gasteiger partial charge in [0, 0.05) is 38.7 Å². The molecule has 4 rings (SSSR count). The molecule has 8 heteroatoms. The molecule has 2 aromatic rings. The molecule has 0 radical (unpaired) electrons. The Morgan fingerprint density at radius 1 is 1.21 bits per heavy atom. The Morgan fingerprint density at radius 2 is 2.06 bits per heavy atom. The van der Waals surface area contributed by atoms with Crippen molar-refractivity contribution in [3.05, 3.63) is 89.8 Å². The number of hydrogen-bond donors (Lipinski definition) is 4. The molecule has 0 bridgehead atoms. The summed E-state index contributed by atoms with van der Waals surface area (Å²) in [7, 11) is 1.92. The van der Waals surface area contributed by atoms with Gasteiger partial charge in [0.15, 0.2) is 0 Å². The van der Waals surface area contributed by atoms with Gasteiger partial charge in [-0.1, -0.05) is 23.8 Å². The maximum Gasteiger partial charge on any atom is 0.133 e. The topological polar surface area (TPSA) is 93.4 Å². The Morgan fingerprint density at radius 3 is 2.82 bits per heavy atom. The van der Waals surface area contributed by atoms with Gasteiger partial charge >= 0.3 is 0 Å². The standard InChI is InChI=1S/C25H32N8/c1-19-7-6-8-20(17-19)21(26)9-12-27-24-10-13-28-30-23(22-11-16-32(2)31-22)18-25(29-24)33-14-4-3-5-15-33/h6-13,16-18,23,26,28,30H,3-5,14-15H2,1-2H3,(H,27,29)/b12-9-,13-10-,25-18-,26-21?. The number of nitrogens with one attached hydrogen (secondary N) is 4. The van der Waals surface area contributed by atoms with E-state index in [1.807, 2.05) is 62.8 Å². The van der Waals surface area contributed by atoms with Crippen molar-refractivity contribution in [2.75, 3.05) is 13.1 Å². The quantitative estimate of drug-likeness (QED) is 0.531. The van der Waals surface area contributed by atoms with Crippen molar-refractivity contribution < 1.29 is 0 Å². The summed E-state index contributed by atoms with van der Waals surface area (Å²) in [5, 5.41) is 16.2. The molecule has 33 heavy (non-hydrogen) atoms. The number of rotatable bonds is 5. The summed E-state index contributed by atoms with van der Waals surface area (Å²) in [4.78, 5) is 7.29. The number of hydrazine groups is 1. The van der Waals surface area contributed by atoms with Crippen molar-refractivity contribution in [2.45, 2.75) is 32.2 Å². The Balaban J connectivity index is 1.56. The zero-order valence-electron chi connectivity index (χ0n) is 19.3. The van der Waals surface area contributed by atoms with Crippen LogP contribution in [0.25, 0.3) is 0 Å². The van der Waals surface area contributed by atoms with Crippen LogP contribution >= 0.6 is 0 Å². The first-order chi connectivity index (χ1) is 16.1. The van der Waals surface area contributed by atoms with Crippen LogP contribution < -0.4 is 16.2 Å². The number of aliphatic imine (C=N–C) groups is 1. The number of likely N-dealkylation sites (tertiary alicyclic amines) is 1. The zero-order valence-corrected chi connectivity index (χ0v) is 19.3. The molecule has 0 saturated carbocycles. The molecule has 2 aliphatic heterocycles. The third-order valence-electron chi connectivity index (χ3n) is 5.66. The van der Waals surface area contributed by atoms with Crippen LogP contribution in [0.5, 0.6) is 0 Å². The molecule has 0 spiro atoms. The third-order valence-corrected chi connectivity index (χ3v) is 5.66.